The van der Waals surface area contributed by atoms with Crippen molar-refractivity contribution in [2.75, 3.05) is 13.7 Å². The molecule has 4 nitrogen and oxygen atoms in total. The van der Waals surface area contributed by atoms with E-state index in [0.717, 1.165) is 5.56 Å². The molecule has 1 rings (SSSR count). The van der Waals surface area contributed by atoms with E-state index in [-0.39, 0.29) is 29.9 Å². The summed E-state index contributed by atoms with van der Waals surface area (Å²) in [6, 6.07) is 4.35. The van der Waals surface area contributed by atoms with Crippen LogP contribution in [-0.2, 0) is 4.79 Å². The molecule has 0 aliphatic carbocycles. The van der Waals surface area contributed by atoms with Crippen LogP contribution in [0.15, 0.2) is 18.2 Å². The molecule has 0 aliphatic heterocycles. The molecule has 20 heavy (non-hydrogen) atoms. The third kappa shape index (κ3) is 5.17. The minimum atomic E-state index is -0.386. The summed E-state index contributed by atoms with van der Waals surface area (Å²) < 4.78 is 18.8. The minimum Gasteiger partial charge on any atom is -0.483 e. The molecule has 0 radical (unpaired) electrons. The van der Waals surface area contributed by atoms with Gasteiger partial charge in [0, 0.05) is 23.2 Å². The molecule has 0 spiro atoms. The summed E-state index contributed by atoms with van der Waals surface area (Å²) in [5, 5.41) is 5.86. The van der Waals surface area contributed by atoms with Crippen LogP contribution in [0.1, 0.15) is 39.3 Å². The monoisotopic (exact) mass is 282 g/mol. The van der Waals surface area contributed by atoms with Crippen LogP contribution < -0.4 is 15.4 Å². The van der Waals surface area contributed by atoms with Gasteiger partial charge in [0.2, 0.25) is 0 Å². The normalized spacial score (nSPS) is 12.9. The predicted molar refractivity (Wildman–Crippen MR) is 77.3 cm³/mol. The maximum absolute atomic E-state index is 13.3. The van der Waals surface area contributed by atoms with Crippen molar-refractivity contribution in [2.45, 2.75) is 39.3 Å². The molecule has 1 aromatic carbocycles. The van der Waals surface area contributed by atoms with Crippen LogP contribution in [0.2, 0.25) is 0 Å². The molecule has 0 aliphatic rings. The summed E-state index contributed by atoms with van der Waals surface area (Å²) in [5.41, 5.74) is 0.501. The van der Waals surface area contributed by atoms with Crippen LogP contribution in [0.3, 0.4) is 0 Å². The summed E-state index contributed by atoms with van der Waals surface area (Å²) >= 11 is 0. The van der Waals surface area contributed by atoms with Crippen LogP contribution in [0.5, 0.6) is 5.75 Å². The zero-order chi connectivity index (χ0) is 15.3. The Morgan fingerprint density at radius 2 is 2.05 bits per heavy atom. The topological polar surface area (TPSA) is 50.4 Å². The average Bonchev–Trinajstić information content (AvgIpc) is 2.33. The Morgan fingerprint density at radius 1 is 1.40 bits per heavy atom. The van der Waals surface area contributed by atoms with Crippen molar-refractivity contribution in [3.8, 4) is 5.75 Å². The smallest absolute Gasteiger partial charge is 0.258 e. The molecular formula is C15H23FN2O2. The average molecular weight is 282 g/mol. The van der Waals surface area contributed by atoms with Crippen molar-refractivity contribution in [2.24, 2.45) is 0 Å². The van der Waals surface area contributed by atoms with Gasteiger partial charge in [-0.1, -0.05) is 6.07 Å². The number of amides is 1. The molecule has 1 amide bonds. The Bertz CT molecular complexity index is 469. The second-order valence-electron chi connectivity index (χ2n) is 5.78. The van der Waals surface area contributed by atoms with Gasteiger partial charge in [-0.25, -0.2) is 4.39 Å². The maximum atomic E-state index is 13.3. The number of nitrogens with one attached hydrogen (secondary N) is 2. The highest BCUT2D eigenvalue weighted by atomic mass is 19.1. The molecular weight excluding hydrogens is 259 g/mol. The molecule has 2 N–H and O–H groups in total. The van der Waals surface area contributed by atoms with Gasteiger partial charge < -0.3 is 15.4 Å². The van der Waals surface area contributed by atoms with E-state index >= 15 is 0 Å². The van der Waals surface area contributed by atoms with Crippen molar-refractivity contribution >= 4 is 5.91 Å². The fourth-order valence-corrected chi connectivity index (χ4v) is 1.74. The Morgan fingerprint density at radius 3 is 2.60 bits per heavy atom. The number of ether oxygens (including phenoxy) is 1. The molecule has 0 bridgehead atoms. The van der Waals surface area contributed by atoms with E-state index in [2.05, 4.69) is 10.6 Å². The number of hydrogen-bond donors (Lipinski definition) is 2. The first kappa shape index (κ1) is 16.4. The molecule has 5 heteroatoms. The highest BCUT2D eigenvalue weighted by molar-refractivity contribution is 5.78. The lowest BCUT2D eigenvalue weighted by atomic mass is 10.1. The van der Waals surface area contributed by atoms with Gasteiger partial charge >= 0.3 is 0 Å². The number of carbonyl (C=O) groups excluding carboxylic acids is 1. The molecule has 112 valence electrons. The van der Waals surface area contributed by atoms with E-state index in [4.69, 9.17) is 4.74 Å². The Hall–Kier alpha value is -1.62. The van der Waals surface area contributed by atoms with E-state index in [1.165, 1.54) is 12.1 Å². The summed E-state index contributed by atoms with van der Waals surface area (Å²) in [6.07, 6.45) is 0. The number of carbonyl (C=O) groups is 1. The Labute approximate surface area is 119 Å². The first-order chi connectivity index (χ1) is 9.23. The SMILES string of the molecule is CNC(C)c1ccc(F)cc1OCC(=O)NC(C)(C)C. The molecule has 1 atom stereocenters. The predicted octanol–water partition coefficient (Wildman–Crippen LogP) is 2.40. The van der Waals surface area contributed by atoms with E-state index < -0.39 is 0 Å². The van der Waals surface area contributed by atoms with E-state index in [0.29, 0.717) is 5.75 Å². The molecule has 0 fully saturated rings. The third-order valence-electron chi connectivity index (χ3n) is 2.75. The van der Waals surface area contributed by atoms with Crippen LogP contribution in [-0.4, -0.2) is 25.1 Å². The minimum absolute atomic E-state index is 0.0104. The fraction of sp³-hybridized carbons (Fsp3) is 0.533. The zero-order valence-electron chi connectivity index (χ0n) is 12.7. The van der Waals surface area contributed by atoms with Crippen molar-refractivity contribution in [3.63, 3.8) is 0 Å². The van der Waals surface area contributed by atoms with Crippen LogP contribution >= 0.6 is 0 Å². The lowest BCUT2D eigenvalue weighted by Gasteiger charge is -2.21. The van der Waals surface area contributed by atoms with Gasteiger partial charge in [0.15, 0.2) is 6.61 Å². The molecule has 0 saturated carbocycles. The summed E-state index contributed by atoms with van der Waals surface area (Å²) in [5.74, 6) is -0.232. The largest absolute Gasteiger partial charge is 0.483 e. The standard InChI is InChI=1S/C15H23FN2O2/c1-10(17-5)12-7-6-11(16)8-13(12)20-9-14(19)18-15(2,3)4/h6-8,10,17H,9H2,1-5H3,(H,18,19). The van der Waals surface area contributed by atoms with Gasteiger partial charge in [-0.2, -0.15) is 0 Å². The summed E-state index contributed by atoms with van der Waals surface area (Å²) in [7, 11) is 1.81. The maximum Gasteiger partial charge on any atom is 0.258 e. The van der Waals surface area contributed by atoms with E-state index in [1.54, 1.807) is 6.07 Å². The van der Waals surface area contributed by atoms with Crippen molar-refractivity contribution in [1.29, 1.82) is 0 Å². The molecule has 0 saturated heterocycles. The highest BCUT2D eigenvalue weighted by Gasteiger charge is 2.16. The Kier molecular flexibility index (Phi) is 5.51. The number of benzene rings is 1. The van der Waals surface area contributed by atoms with Crippen molar-refractivity contribution in [1.82, 2.24) is 10.6 Å². The van der Waals surface area contributed by atoms with E-state index in [1.807, 2.05) is 34.7 Å². The molecule has 0 heterocycles. The zero-order valence-corrected chi connectivity index (χ0v) is 12.7. The fourth-order valence-electron chi connectivity index (χ4n) is 1.74. The highest BCUT2D eigenvalue weighted by Crippen LogP contribution is 2.25. The van der Waals surface area contributed by atoms with Gasteiger partial charge in [-0.05, 0) is 40.8 Å². The third-order valence-corrected chi connectivity index (χ3v) is 2.75. The lowest BCUT2D eigenvalue weighted by Crippen LogP contribution is -2.43. The van der Waals surface area contributed by atoms with Crippen LogP contribution in [0, 0.1) is 5.82 Å². The van der Waals surface area contributed by atoms with Crippen molar-refractivity contribution < 1.29 is 13.9 Å². The lowest BCUT2D eigenvalue weighted by molar-refractivity contribution is -0.124. The molecule has 1 aromatic rings. The van der Waals surface area contributed by atoms with Crippen molar-refractivity contribution in [3.05, 3.63) is 29.6 Å². The molecule has 0 aromatic heterocycles. The van der Waals surface area contributed by atoms with Gasteiger partial charge in [0.1, 0.15) is 11.6 Å². The van der Waals surface area contributed by atoms with Crippen LogP contribution in [0.4, 0.5) is 4.39 Å². The van der Waals surface area contributed by atoms with Gasteiger partial charge in [0.05, 0.1) is 0 Å². The Balaban J connectivity index is 2.76. The molecule has 1 unspecified atom stereocenters. The van der Waals surface area contributed by atoms with Gasteiger partial charge in [-0.3, -0.25) is 4.79 Å². The quantitative estimate of drug-likeness (QED) is 0.872. The second kappa shape index (κ2) is 6.70. The van der Waals surface area contributed by atoms with Gasteiger partial charge in [0.25, 0.3) is 5.91 Å². The van der Waals surface area contributed by atoms with E-state index in [9.17, 15) is 9.18 Å². The number of hydrogen-bond acceptors (Lipinski definition) is 3. The van der Waals surface area contributed by atoms with Gasteiger partial charge in [-0.15, -0.1) is 0 Å². The summed E-state index contributed by atoms with van der Waals surface area (Å²) in [4.78, 5) is 11.7. The first-order valence-electron chi connectivity index (χ1n) is 6.63. The number of halogens is 1. The second-order valence-corrected chi connectivity index (χ2v) is 5.78. The summed E-state index contributed by atoms with van der Waals surface area (Å²) in [6.45, 7) is 7.48. The van der Waals surface area contributed by atoms with Crippen LogP contribution in [0.25, 0.3) is 0 Å². The first-order valence-corrected chi connectivity index (χ1v) is 6.63. The number of rotatable bonds is 5.